The fourth-order valence-electron chi connectivity index (χ4n) is 1.54. The van der Waals surface area contributed by atoms with E-state index in [4.69, 9.17) is 0 Å². The van der Waals surface area contributed by atoms with E-state index in [2.05, 4.69) is 28.5 Å². The van der Waals surface area contributed by atoms with Gasteiger partial charge in [0.05, 0.1) is 5.60 Å². The lowest BCUT2D eigenvalue weighted by Gasteiger charge is -2.36. The minimum Gasteiger partial charge on any atom is -0.388 e. The second kappa shape index (κ2) is 4.06. The van der Waals surface area contributed by atoms with E-state index >= 15 is 0 Å². The molecule has 1 aliphatic carbocycles. The average Bonchev–Trinajstić information content (AvgIpc) is 2.60. The van der Waals surface area contributed by atoms with E-state index in [0.717, 1.165) is 30.2 Å². The third kappa shape index (κ3) is 2.46. The number of nitrogens with zero attached hydrogens (tertiary/aromatic N) is 2. The van der Waals surface area contributed by atoms with E-state index in [9.17, 15) is 5.11 Å². The summed E-state index contributed by atoms with van der Waals surface area (Å²) in [4.78, 5) is 4.36. The quantitative estimate of drug-likeness (QED) is 0.826. The van der Waals surface area contributed by atoms with Gasteiger partial charge in [-0.3, -0.25) is 0 Å². The first kappa shape index (κ1) is 10.8. The highest BCUT2D eigenvalue weighted by molar-refractivity contribution is 7.09. The van der Waals surface area contributed by atoms with Gasteiger partial charge in [-0.15, -0.1) is 0 Å². The largest absolute Gasteiger partial charge is 0.388 e. The Labute approximate surface area is 93.9 Å². The maximum Gasteiger partial charge on any atom is 0.202 e. The summed E-state index contributed by atoms with van der Waals surface area (Å²) in [7, 11) is 0. The highest BCUT2D eigenvalue weighted by atomic mass is 32.1. The predicted molar refractivity (Wildman–Crippen MR) is 61.3 cm³/mol. The van der Waals surface area contributed by atoms with Gasteiger partial charge in [-0.1, -0.05) is 13.8 Å². The Morgan fingerprint density at radius 1 is 1.53 bits per heavy atom. The molecule has 0 saturated heterocycles. The van der Waals surface area contributed by atoms with Crippen LogP contribution in [0, 0.1) is 0 Å². The Morgan fingerprint density at radius 3 is 2.73 bits per heavy atom. The van der Waals surface area contributed by atoms with Gasteiger partial charge < -0.3 is 10.4 Å². The number of nitrogens with one attached hydrogen (secondary N) is 1. The van der Waals surface area contributed by atoms with Crippen molar-refractivity contribution < 1.29 is 5.11 Å². The summed E-state index contributed by atoms with van der Waals surface area (Å²) in [6.07, 6.45) is 2.93. The lowest BCUT2D eigenvalue weighted by molar-refractivity contribution is -0.0202. The van der Waals surface area contributed by atoms with Crippen LogP contribution in [0.5, 0.6) is 0 Å². The zero-order chi connectivity index (χ0) is 10.9. The van der Waals surface area contributed by atoms with Gasteiger partial charge in [-0.2, -0.15) is 4.37 Å². The van der Waals surface area contributed by atoms with Gasteiger partial charge in [0.1, 0.15) is 5.82 Å². The third-order valence-electron chi connectivity index (χ3n) is 2.81. The molecule has 1 saturated carbocycles. The molecule has 0 spiro atoms. The maximum absolute atomic E-state index is 9.88. The van der Waals surface area contributed by atoms with Gasteiger partial charge in [0, 0.05) is 24.0 Å². The molecule has 0 aromatic carbocycles. The summed E-state index contributed by atoms with van der Waals surface area (Å²) in [6.45, 7) is 4.75. The number of rotatable bonds is 4. The van der Waals surface area contributed by atoms with Crippen molar-refractivity contribution in [2.24, 2.45) is 0 Å². The molecule has 0 aliphatic heterocycles. The number of hydrogen-bond acceptors (Lipinski definition) is 5. The Kier molecular flexibility index (Phi) is 2.93. The Hall–Kier alpha value is -0.680. The number of aliphatic hydroxyl groups is 1. The highest BCUT2D eigenvalue weighted by Crippen LogP contribution is 2.31. The second-order valence-electron chi connectivity index (χ2n) is 4.54. The van der Waals surface area contributed by atoms with Crippen LogP contribution in [0.4, 0.5) is 5.13 Å². The Morgan fingerprint density at radius 2 is 2.27 bits per heavy atom. The van der Waals surface area contributed by atoms with Gasteiger partial charge in [-0.25, -0.2) is 4.98 Å². The lowest BCUT2D eigenvalue weighted by atomic mass is 9.80. The van der Waals surface area contributed by atoms with Crippen LogP contribution in [0.25, 0.3) is 0 Å². The summed E-state index contributed by atoms with van der Waals surface area (Å²) >= 11 is 1.37. The molecule has 0 amide bonds. The zero-order valence-corrected chi connectivity index (χ0v) is 9.97. The van der Waals surface area contributed by atoms with E-state index < -0.39 is 5.60 Å². The van der Waals surface area contributed by atoms with Gasteiger partial charge in [0.15, 0.2) is 0 Å². The topological polar surface area (TPSA) is 58.0 Å². The van der Waals surface area contributed by atoms with Crippen molar-refractivity contribution in [2.45, 2.75) is 44.6 Å². The standard InChI is InChI=1S/C10H17N3OS/c1-7(2)8-12-9(15-13-8)11-6-10(14)4-3-5-10/h7,14H,3-6H2,1-2H3,(H,11,12,13). The van der Waals surface area contributed by atoms with E-state index in [1.54, 1.807) is 0 Å². The van der Waals surface area contributed by atoms with Crippen molar-refractivity contribution in [3.8, 4) is 0 Å². The summed E-state index contributed by atoms with van der Waals surface area (Å²) in [6, 6.07) is 0. The predicted octanol–water partition coefficient (Wildman–Crippen LogP) is 1.99. The molecule has 84 valence electrons. The smallest absolute Gasteiger partial charge is 0.202 e. The van der Waals surface area contributed by atoms with Crippen molar-refractivity contribution in [1.29, 1.82) is 0 Å². The summed E-state index contributed by atoms with van der Waals surface area (Å²) in [5.74, 6) is 1.24. The minimum atomic E-state index is -0.496. The molecule has 2 rings (SSSR count). The molecule has 1 fully saturated rings. The van der Waals surface area contributed by atoms with Crippen LogP contribution in [0.2, 0.25) is 0 Å². The second-order valence-corrected chi connectivity index (χ2v) is 5.30. The van der Waals surface area contributed by atoms with Gasteiger partial charge in [0.2, 0.25) is 5.13 Å². The fraction of sp³-hybridized carbons (Fsp3) is 0.800. The average molecular weight is 227 g/mol. The Balaban J connectivity index is 1.88. The van der Waals surface area contributed by atoms with Gasteiger partial charge in [-0.05, 0) is 19.3 Å². The van der Waals surface area contributed by atoms with Crippen LogP contribution >= 0.6 is 11.5 Å². The molecule has 1 aliphatic rings. The molecular formula is C10H17N3OS. The number of aromatic nitrogens is 2. The third-order valence-corrected chi connectivity index (χ3v) is 3.50. The van der Waals surface area contributed by atoms with E-state index in [1.165, 1.54) is 11.5 Å². The summed E-state index contributed by atoms with van der Waals surface area (Å²) in [5.41, 5.74) is -0.496. The van der Waals surface area contributed by atoms with Crippen LogP contribution < -0.4 is 5.32 Å². The van der Waals surface area contributed by atoms with E-state index in [1.807, 2.05) is 0 Å². The molecule has 0 atom stereocenters. The molecule has 0 bridgehead atoms. The first-order valence-electron chi connectivity index (χ1n) is 5.39. The van der Waals surface area contributed by atoms with Crippen molar-refractivity contribution in [3.05, 3.63) is 5.82 Å². The van der Waals surface area contributed by atoms with Gasteiger partial charge in [0.25, 0.3) is 0 Å². The van der Waals surface area contributed by atoms with Crippen LogP contribution in [0.1, 0.15) is 44.9 Å². The first-order valence-corrected chi connectivity index (χ1v) is 6.16. The number of hydrogen-bond donors (Lipinski definition) is 2. The molecule has 1 heterocycles. The van der Waals surface area contributed by atoms with Crippen molar-refractivity contribution in [3.63, 3.8) is 0 Å². The van der Waals surface area contributed by atoms with Crippen LogP contribution in [-0.2, 0) is 0 Å². The van der Waals surface area contributed by atoms with E-state index in [-0.39, 0.29) is 0 Å². The van der Waals surface area contributed by atoms with Crippen molar-refractivity contribution in [2.75, 3.05) is 11.9 Å². The molecule has 2 N–H and O–H groups in total. The van der Waals surface area contributed by atoms with E-state index in [0.29, 0.717) is 12.5 Å². The van der Waals surface area contributed by atoms with Gasteiger partial charge >= 0.3 is 0 Å². The highest BCUT2D eigenvalue weighted by Gasteiger charge is 2.34. The van der Waals surface area contributed by atoms with Crippen LogP contribution in [-0.4, -0.2) is 26.6 Å². The van der Waals surface area contributed by atoms with Crippen molar-refractivity contribution in [1.82, 2.24) is 9.36 Å². The maximum atomic E-state index is 9.88. The summed E-state index contributed by atoms with van der Waals surface area (Å²) < 4.78 is 4.25. The van der Waals surface area contributed by atoms with Crippen LogP contribution in [0.15, 0.2) is 0 Å². The molecule has 1 aromatic heterocycles. The van der Waals surface area contributed by atoms with Crippen LogP contribution in [0.3, 0.4) is 0 Å². The number of anilines is 1. The molecule has 0 radical (unpaired) electrons. The molecule has 5 heteroatoms. The molecule has 4 nitrogen and oxygen atoms in total. The molecule has 0 unspecified atom stereocenters. The summed E-state index contributed by atoms with van der Waals surface area (Å²) in [5, 5.41) is 13.9. The molecular weight excluding hydrogens is 210 g/mol. The zero-order valence-electron chi connectivity index (χ0n) is 9.16. The SMILES string of the molecule is CC(C)c1nsc(NCC2(O)CCC2)n1. The molecule has 15 heavy (non-hydrogen) atoms. The first-order chi connectivity index (χ1) is 7.09. The monoisotopic (exact) mass is 227 g/mol. The molecule has 1 aromatic rings. The fourth-order valence-corrected chi connectivity index (χ4v) is 2.25. The van der Waals surface area contributed by atoms with Crippen molar-refractivity contribution >= 4 is 16.7 Å². The Bertz CT molecular complexity index is 333. The minimum absolute atomic E-state index is 0.364. The lowest BCUT2D eigenvalue weighted by Crippen LogP contribution is -2.43. The normalized spacial score (nSPS) is 18.9.